The first kappa shape index (κ1) is 20.8. The van der Waals surface area contributed by atoms with Crippen LogP contribution in [-0.2, 0) is 0 Å². The fraction of sp³-hybridized carbons (Fsp3) is 0. The van der Waals surface area contributed by atoms with Crippen LogP contribution >= 0.6 is 35.6 Å². The number of para-hydroxylation sites is 1. The molecule has 3 rings (SSSR count). The van der Waals surface area contributed by atoms with Gasteiger partial charge in [0, 0.05) is 27.2 Å². The average molecular weight is 443 g/mol. The van der Waals surface area contributed by atoms with Crippen LogP contribution in [-0.4, -0.2) is 16.3 Å². The third kappa shape index (κ3) is 6.28. The van der Waals surface area contributed by atoms with Crippen molar-refractivity contribution in [3.63, 3.8) is 0 Å². The molecule has 3 aromatic rings. The summed E-state index contributed by atoms with van der Waals surface area (Å²) in [5.41, 5.74) is 4.10. The topological polar surface area (TPSA) is 79.6 Å². The van der Waals surface area contributed by atoms with Crippen LogP contribution in [0.3, 0.4) is 0 Å². The SMILES string of the molecule is O=[N+]([O-])c1cc(C=NNC(=S)Nc2ccccc2)ccc1Sc1ccc(Cl)cc1. The Balaban J connectivity index is 1.67. The normalized spacial score (nSPS) is 10.7. The molecule has 0 heterocycles. The summed E-state index contributed by atoms with van der Waals surface area (Å²) < 4.78 is 0. The van der Waals surface area contributed by atoms with E-state index < -0.39 is 4.92 Å². The van der Waals surface area contributed by atoms with E-state index in [1.165, 1.54) is 24.0 Å². The van der Waals surface area contributed by atoms with Crippen molar-refractivity contribution >= 4 is 58.3 Å². The molecule has 9 heteroatoms. The van der Waals surface area contributed by atoms with E-state index in [4.69, 9.17) is 23.8 Å². The molecule has 29 heavy (non-hydrogen) atoms. The number of anilines is 1. The summed E-state index contributed by atoms with van der Waals surface area (Å²) >= 11 is 12.3. The summed E-state index contributed by atoms with van der Waals surface area (Å²) in [4.78, 5) is 12.5. The monoisotopic (exact) mass is 442 g/mol. The highest BCUT2D eigenvalue weighted by Gasteiger charge is 2.15. The Hall–Kier alpha value is -2.94. The molecular weight excluding hydrogens is 428 g/mol. The molecule has 0 saturated carbocycles. The number of halogens is 1. The number of thiocarbonyl (C=S) groups is 1. The summed E-state index contributed by atoms with van der Waals surface area (Å²) in [6.07, 6.45) is 1.47. The van der Waals surface area contributed by atoms with E-state index >= 15 is 0 Å². The lowest BCUT2D eigenvalue weighted by Crippen LogP contribution is -2.23. The van der Waals surface area contributed by atoms with E-state index in [0.717, 1.165) is 10.6 Å². The van der Waals surface area contributed by atoms with E-state index in [-0.39, 0.29) is 5.69 Å². The van der Waals surface area contributed by atoms with Crippen molar-refractivity contribution in [2.45, 2.75) is 9.79 Å². The molecule has 0 aliphatic rings. The first-order valence-corrected chi connectivity index (χ1v) is 9.98. The first-order valence-electron chi connectivity index (χ1n) is 8.38. The molecule has 0 bridgehead atoms. The van der Waals surface area contributed by atoms with Gasteiger partial charge in [0.15, 0.2) is 5.11 Å². The Morgan fingerprint density at radius 2 is 1.83 bits per heavy atom. The van der Waals surface area contributed by atoms with Gasteiger partial charge in [-0.2, -0.15) is 5.10 Å². The second-order valence-corrected chi connectivity index (χ2v) is 7.69. The number of nitro benzene ring substituents is 1. The fourth-order valence-corrected chi connectivity index (χ4v) is 3.52. The molecule has 0 radical (unpaired) electrons. The van der Waals surface area contributed by atoms with Crippen LogP contribution in [0.1, 0.15) is 5.56 Å². The van der Waals surface area contributed by atoms with Crippen molar-refractivity contribution in [3.05, 3.63) is 93.5 Å². The Labute approximate surface area is 182 Å². The Morgan fingerprint density at radius 3 is 2.52 bits per heavy atom. The Morgan fingerprint density at radius 1 is 1.10 bits per heavy atom. The van der Waals surface area contributed by atoms with Crippen molar-refractivity contribution in [2.75, 3.05) is 5.32 Å². The summed E-state index contributed by atoms with van der Waals surface area (Å²) in [6, 6.07) is 21.5. The van der Waals surface area contributed by atoms with Gasteiger partial charge in [-0.1, -0.05) is 47.6 Å². The predicted molar refractivity (Wildman–Crippen MR) is 122 cm³/mol. The highest BCUT2D eigenvalue weighted by atomic mass is 35.5. The van der Waals surface area contributed by atoms with Crippen LogP contribution in [0.5, 0.6) is 0 Å². The van der Waals surface area contributed by atoms with Crippen molar-refractivity contribution in [1.29, 1.82) is 0 Å². The van der Waals surface area contributed by atoms with E-state index in [1.807, 2.05) is 42.5 Å². The predicted octanol–water partition coefficient (Wildman–Crippen LogP) is 5.72. The van der Waals surface area contributed by atoms with Gasteiger partial charge < -0.3 is 5.32 Å². The lowest BCUT2D eigenvalue weighted by Gasteiger charge is -2.06. The Kier molecular flexibility index (Phi) is 7.18. The van der Waals surface area contributed by atoms with E-state index in [9.17, 15) is 10.1 Å². The molecule has 2 N–H and O–H groups in total. The lowest BCUT2D eigenvalue weighted by atomic mass is 10.2. The summed E-state index contributed by atoms with van der Waals surface area (Å²) in [5.74, 6) is 0. The number of nitrogens with zero attached hydrogens (tertiary/aromatic N) is 2. The number of rotatable bonds is 6. The molecule has 0 fully saturated rings. The van der Waals surface area contributed by atoms with Crippen molar-refractivity contribution < 1.29 is 4.92 Å². The molecule has 0 spiro atoms. The van der Waals surface area contributed by atoms with Gasteiger partial charge in [-0.05, 0) is 54.7 Å². The smallest absolute Gasteiger partial charge is 0.283 e. The lowest BCUT2D eigenvalue weighted by molar-refractivity contribution is -0.387. The maximum Gasteiger partial charge on any atom is 0.283 e. The minimum atomic E-state index is -0.412. The quantitative estimate of drug-likeness (QED) is 0.220. The van der Waals surface area contributed by atoms with Crippen LogP contribution in [0.4, 0.5) is 11.4 Å². The maximum absolute atomic E-state index is 11.5. The van der Waals surface area contributed by atoms with Crippen LogP contribution in [0, 0.1) is 10.1 Å². The molecule has 0 amide bonds. The summed E-state index contributed by atoms with van der Waals surface area (Å²) in [6.45, 7) is 0. The van der Waals surface area contributed by atoms with Crippen LogP contribution in [0.15, 0.2) is 87.7 Å². The number of hydrazone groups is 1. The van der Waals surface area contributed by atoms with Gasteiger partial charge >= 0.3 is 0 Å². The maximum atomic E-state index is 11.5. The van der Waals surface area contributed by atoms with Gasteiger partial charge in [0.1, 0.15) is 0 Å². The minimum Gasteiger partial charge on any atom is -0.331 e. The number of nitrogens with one attached hydrogen (secondary N) is 2. The fourth-order valence-electron chi connectivity index (χ4n) is 2.32. The third-order valence-corrected chi connectivity index (χ3v) is 5.15. The third-order valence-electron chi connectivity index (χ3n) is 3.63. The first-order chi connectivity index (χ1) is 14.0. The zero-order valence-electron chi connectivity index (χ0n) is 14.9. The van der Waals surface area contributed by atoms with Gasteiger partial charge in [0.2, 0.25) is 0 Å². The molecule has 146 valence electrons. The second kappa shape index (κ2) is 10.0. The minimum absolute atomic E-state index is 0.00103. The summed E-state index contributed by atoms with van der Waals surface area (Å²) in [5, 5.41) is 19.4. The van der Waals surface area contributed by atoms with Crippen LogP contribution in [0.25, 0.3) is 0 Å². The molecule has 0 aromatic heterocycles. The molecule has 0 atom stereocenters. The van der Waals surface area contributed by atoms with Gasteiger partial charge in [0.25, 0.3) is 5.69 Å². The molecular formula is C20H15ClN4O2S2. The van der Waals surface area contributed by atoms with Gasteiger partial charge in [-0.25, -0.2) is 0 Å². The van der Waals surface area contributed by atoms with Crippen molar-refractivity contribution in [2.24, 2.45) is 5.10 Å². The number of nitro groups is 1. The average Bonchev–Trinajstić information content (AvgIpc) is 2.71. The van der Waals surface area contributed by atoms with Crippen LogP contribution in [0.2, 0.25) is 5.02 Å². The number of benzene rings is 3. The van der Waals surface area contributed by atoms with Gasteiger partial charge in [-0.3, -0.25) is 15.5 Å². The van der Waals surface area contributed by atoms with Crippen molar-refractivity contribution in [3.8, 4) is 0 Å². The highest BCUT2D eigenvalue weighted by Crippen LogP contribution is 2.35. The standard InChI is InChI=1S/C20H15ClN4O2S2/c21-15-7-9-17(10-8-15)29-19-11-6-14(12-18(19)25(26)27)13-22-24-20(28)23-16-4-2-1-3-5-16/h1-13H,(H2,23,24,28). The van der Waals surface area contributed by atoms with Crippen LogP contribution < -0.4 is 10.7 Å². The zero-order chi connectivity index (χ0) is 20.6. The van der Waals surface area contributed by atoms with E-state index in [0.29, 0.717) is 20.6 Å². The molecule has 0 unspecified atom stereocenters. The van der Waals surface area contributed by atoms with Crippen molar-refractivity contribution in [1.82, 2.24) is 5.43 Å². The zero-order valence-corrected chi connectivity index (χ0v) is 17.3. The largest absolute Gasteiger partial charge is 0.331 e. The van der Waals surface area contributed by atoms with Gasteiger partial charge in [0.05, 0.1) is 16.0 Å². The molecule has 6 nitrogen and oxygen atoms in total. The summed E-state index contributed by atoms with van der Waals surface area (Å²) in [7, 11) is 0. The second-order valence-electron chi connectivity index (χ2n) is 5.73. The molecule has 0 aliphatic carbocycles. The number of hydrogen-bond donors (Lipinski definition) is 2. The molecule has 0 saturated heterocycles. The van der Waals surface area contributed by atoms with Gasteiger partial charge in [-0.15, -0.1) is 0 Å². The molecule has 3 aromatic carbocycles. The highest BCUT2D eigenvalue weighted by molar-refractivity contribution is 7.99. The van der Waals surface area contributed by atoms with E-state index in [1.54, 1.807) is 24.3 Å². The van der Waals surface area contributed by atoms with E-state index in [2.05, 4.69) is 15.8 Å². The Bertz CT molecular complexity index is 1040. The molecule has 0 aliphatic heterocycles. The number of hydrogen-bond acceptors (Lipinski definition) is 5.